The number of rotatable bonds is 7. The van der Waals surface area contributed by atoms with Crippen LogP contribution in [0.15, 0.2) is 53.7 Å². The van der Waals surface area contributed by atoms with Gasteiger partial charge in [0.15, 0.2) is 10.9 Å². The smallest absolute Gasteiger partial charge is 0.274 e. The number of amides is 1. The number of halogens is 2. The SMILES string of the molecule is Cc1cc(C)nc(SCc2c(C(=O)NCc3ccc(Cl)cc3)nnn2-c2ccc(C)c(Cl)c2)n1. The second kappa shape index (κ2) is 10.5. The number of carbonyl (C=O) groups excluding carboxylic acids is 1. The second-order valence-corrected chi connectivity index (χ2v) is 9.55. The Morgan fingerprint density at radius 2 is 1.71 bits per heavy atom. The van der Waals surface area contributed by atoms with Crippen molar-refractivity contribution in [3.8, 4) is 5.69 Å². The van der Waals surface area contributed by atoms with Crippen LogP contribution >= 0.6 is 35.0 Å². The van der Waals surface area contributed by atoms with Crippen LogP contribution in [0.1, 0.15) is 38.7 Å². The van der Waals surface area contributed by atoms with E-state index in [1.165, 1.54) is 11.8 Å². The molecular formula is C24H22Cl2N6OS. The van der Waals surface area contributed by atoms with Crippen molar-refractivity contribution in [2.24, 2.45) is 0 Å². The van der Waals surface area contributed by atoms with E-state index < -0.39 is 0 Å². The molecule has 0 spiro atoms. The Balaban J connectivity index is 1.63. The van der Waals surface area contributed by atoms with Gasteiger partial charge in [0, 0.05) is 33.7 Å². The van der Waals surface area contributed by atoms with E-state index >= 15 is 0 Å². The predicted octanol–water partition coefficient (Wildman–Crippen LogP) is 5.51. The highest BCUT2D eigenvalue weighted by atomic mass is 35.5. The Labute approximate surface area is 211 Å². The van der Waals surface area contributed by atoms with Crippen molar-refractivity contribution in [1.82, 2.24) is 30.3 Å². The largest absolute Gasteiger partial charge is 0.347 e. The molecule has 0 fully saturated rings. The molecule has 10 heteroatoms. The summed E-state index contributed by atoms with van der Waals surface area (Å²) >= 11 is 13.7. The van der Waals surface area contributed by atoms with Crippen LogP contribution in [0, 0.1) is 20.8 Å². The van der Waals surface area contributed by atoms with Crippen LogP contribution < -0.4 is 5.32 Å². The number of hydrogen-bond donors (Lipinski definition) is 1. The molecule has 1 N–H and O–H groups in total. The average molecular weight is 513 g/mol. The molecular weight excluding hydrogens is 491 g/mol. The minimum absolute atomic E-state index is 0.238. The first kappa shape index (κ1) is 24.2. The van der Waals surface area contributed by atoms with Gasteiger partial charge in [-0.05, 0) is 62.2 Å². The summed E-state index contributed by atoms with van der Waals surface area (Å²) in [7, 11) is 0. The summed E-state index contributed by atoms with van der Waals surface area (Å²) in [4.78, 5) is 22.0. The van der Waals surface area contributed by atoms with E-state index in [9.17, 15) is 4.79 Å². The first-order valence-corrected chi connectivity index (χ1v) is 12.2. The molecule has 2 heterocycles. The molecule has 0 aliphatic heterocycles. The molecule has 0 unspecified atom stereocenters. The van der Waals surface area contributed by atoms with Crippen LogP contribution in [0.3, 0.4) is 0 Å². The molecule has 0 bridgehead atoms. The lowest BCUT2D eigenvalue weighted by atomic mass is 10.2. The number of nitrogens with one attached hydrogen (secondary N) is 1. The molecule has 174 valence electrons. The Hall–Kier alpha value is -2.94. The molecule has 2 aromatic carbocycles. The van der Waals surface area contributed by atoms with Gasteiger partial charge in [-0.2, -0.15) is 0 Å². The van der Waals surface area contributed by atoms with E-state index in [0.29, 0.717) is 33.2 Å². The van der Waals surface area contributed by atoms with Gasteiger partial charge in [0.05, 0.1) is 11.4 Å². The lowest BCUT2D eigenvalue weighted by Crippen LogP contribution is -2.24. The molecule has 1 amide bonds. The third-order valence-electron chi connectivity index (χ3n) is 5.04. The van der Waals surface area contributed by atoms with Gasteiger partial charge in [0.2, 0.25) is 0 Å². The van der Waals surface area contributed by atoms with Gasteiger partial charge in [-0.1, -0.05) is 58.4 Å². The highest BCUT2D eigenvalue weighted by molar-refractivity contribution is 7.98. The summed E-state index contributed by atoms with van der Waals surface area (Å²) in [5.41, 5.74) is 5.22. The standard InChI is InChI=1S/C24H22Cl2N6OS/c1-14-4-9-19(11-20(14)26)32-21(13-34-24-28-15(2)10-16(3)29-24)22(30-31-32)23(33)27-12-17-5-7-18(25)8-6-17/h4-11H,12-13H2,1-3H3,(H,27,33). The van der Waals surface area contributed by atoms with Crippen molar-refractivity contribution < 1.29 is 4.79 Å². The van der Waals surface area contributed by atoms with Crippen molar-refractivity contribution in [3.05, 3.63) is 92.5 Å². The molecule has 0 radical (unpaired) electrons. The Morgan fingerprint density at radius 3 is 2.38 bits per heavy atom. The Morgan fingerprint density at radius 1 is 1.00 bits per heavy atom. The van der Waals surface area contributed by atoms with Gasteiger partial charge in [0.1, 0.15) is 0 Å². The minimum Gasteiger partial charge on any atom is -0.347 e. The van der Waals surface area contributed by atoms with Crippen molar-refractivity contribution in [3.63, 3.8) is 0 Å². The van der Waals surface area contributed by atoms with E-state index in [2.05, 4.69) is 25.6 Å². The first-order chi connectivity index (χ1) is 16.3. The molecule has 4 rings (SSSR count). The third kappa shape index (κ3) is 5.75. The summed E-state index contributed by atoms with van der Waals surface area (Å²) in [6.07, 6.45) is 0. The quantitative estimate of drug-likeness (QED) is 0.259. The maximum atomic E-state index is 13.1. The zero-order valence-corrected chi connectivity index (χ0v) is 21.2. The van der Waals surface area contributed by atoms with E-state index in [1.807, 2.05) is 57.2 Å². The van der Waals surface area contributed by atoms with Crippen molar-refractivity contribution in [2.75, 3.05) is 0 Å². The number of hydrogen-bond acceptors (Lipinski definition) is 6. The van der Waals surface area contributed by atoms with E-state index in [0.717, 1.165) is 28.2 Å². The average Bonchev–Trinajstić information content (AvgIpc) is 3.22. The highest BCUT2D eigenvalue weighted by Gasteiger charge is 2.22. The van der Waals surface area contributed by atoms with Crippen molar-refractivity contribution in [2.45, 2.75) is 38.2 Å². The lowest BCUT2D eigenvalue weighted by molar-refractivity contribution is 0.0945. The second-order valence-electron chi connectivity index (χ2n) is 7.76. The zero-order valence-electron chi connectivity index (χ0n) is 18.8. The van der Waals surface area contributed by atoms with Crippen LogP contribution in [-0.4, -0.2) is 30.9 Å². The maximum absolute atomic E-state index is 13.1. The number of carbonyl (C=O) groups is 1. The minimum atomic E-state index is -0.323. The van der Waals surface area contributed by atoms with Crippen LogP contribution in [-0.2, 0) is 12.3 Å². The highest BCUT2D eigenvalue weighted by Crippen LogP contribution is 2.26. The van der Waals surface area contributed by atoms with Crippen LogP contribution in [0.4, 0.5) is 0 Å². The fourth-order valence-corrected chi connectivity index (χ4v) is 4.53. The van der Waals surface area contributed by atoms with Gasteiger partial charge in [-0.3, -0.25) is 4.79 Å². The normalized spacial score (nSPS) is 11.0. The van der Waals surface area contributed by atoms with Crippen LogP contribution in [0.2, 0.25) is 10.0 Å². The molecule has 0 atom stereocenters. The Bertz CT molecular complexity index is 1320. The molecule has 7 nitrogen and oxygen atoms in total. The summed E-state index contributed by atoms with van der Waals surface area (Å²) in [5.74, 6) is 0.0711. The van der Waals surface area contributed by atoms with Crippen molar-refractivity contribution >= 4 is 40.9 Å². The topological polar surface area (TPSA) is 85.6 Å². The van der Waals surface area contributed by atoms with Gasteiger partial charge in [-0.25, -0.2) is 14.6 Å². The number of thioether (sulfide) groups is 1. The summed E-state index contributed by atoms with van der Waals surface area (Å²) in [6, 6.07) is 14.8. The summed E-state index contributed by atoms with van der Waals surface area (Å²) < 4.78 is 1.64. The van der Waals surface area contributed by atoms with Gasteiger partial charge < -0.3 is 5.32 Å². The molecule has 34 heavy (non-hydrogen) atoms. The van der Waals surface area contributed by atoms with Gasteiger partial charge in [-0.15, -0.1) is 5.10 Å². The third-order valence-corrected chi connectivity index (χ3v) is 6.56. The molecule has 0 aliphatic carbocycles. The molecule has 0 saturated heterocycles. The fraction of sp³-hybridized carbons (Fsp3) is 0.208. The van der Waals surface area contributed by atoms with E-state index in [-0.39, 0.29) is 11.6 Å². The van der Waals surface area contributed by atoms with Crippen LogP contribution in [0.25, 0.3) is 5.69 Å². The zero-order chi connectivity index (χ0) is 24.2. The molecule has 4 aromatic rings. The summed E-state index contributed by atoms with van der Waals surface area (Å²) in [5, 5.41) is 13.3. The maximum Gasteiger partial charge on any atom is 0.274 e. The van der Waals surface area contributed by atoms with E-state index in [1.54, 1.807) is 16.8 Å². The number of benzene rings is 2. The fourth-order valence-electron chi connectivity index (χ4n) is 3.29. The predicted molar refractivity (Wildman–Crippen MR) is 135 cm³/mol. The van der Waals surface area contributed by atoms with E-state index in [4.69, 9.17) is 23.2 Å². The van der Waals surface area contributed by atoms with Crippen LogP contribution in [0.5, 0.6) is 0 Å². The van der Waals surface area contributed by atoms with Gasteiger partial charge in [0.25, 0.3) is 5.91 Å². The Kier molecular flexibility index (Phi) is 7.50. The summed E-state index contributed by atoms with van der Waals surface area (Å²) in [6.45, 7) is 6.12. The molecule has 0 aliphatic rings. The first-order valence-electron chi connectivity index (χ1n) is 10.5. The van der Waals surface area contributed by atoms with Gasteiger partial charge >= 0.3 is 0 Å². The number of aromatic nitrogens is 5. The number of nitrogens with zero attached hydrogens (tertiary/aromatic N) is 5. The monoisotopic (exact) mass is 512 g/mol. The molecule has 2 aromatic heterocycles. The lowest BCUT2D eigenvalue weighted by Gasteiger charge is -2.10. The molecule has 0 saturated carbocycles. The van der Waals surface area contributed by atoms with Crippen molar-refractivity contribution in [1.29, 1.82) is 0 Å². The number of aryl methyl sites for hydroxylation is 3.